The molecular weight excluding hydrogens is 276 g/mol. The molecule has 0 saturated heterocycles. The minimum absolute atomic E-state index is 0.166. The summed E-state index contributed by atoms with van der Waals surface area (Å²) in [5.74, 6) is 0.898. The second-order valence-corrected chi connectivity index (χ2v) is 4.82. The second-order valence-electron chi connectivity index (χ2n) is 4.82. The van der Waals surface area contributed by atoms with Crippen LogP contribution in [-0.2, 0) is 0 Å². The predicted molar refractivity (Wildman–Crippen MR) is 85.6 cm³/mol. The highest BCUT2D eigenvalue weighted by Gasteiger charge is 2.09. The third-order valence-electron chi connectivity index (χ3n) is 3.20. The number of rotatable bonds is 4. The molecule has 0 radical (unpaired) electrons. The Hall–Kier alpha value is -3.07. The number of furan rings is 1. The minimum Gasteiger partial charge on any atom is -0.508 e. The number of carbonyl (C=O) groups is 1. The summed E-state index contributed by atoms with van der Waals surface area (Å²) in [5, 5.41) is 9.39. The van der Waals surface area contributed by atoms with Crippen LogP contribution in [0.25, 0.3) is 17.4 Å². The third-order valence-corrected chi connectivity index (χ3v) is 3.20. The van der Waals surface area contributed by atoms with Crippen molar-refractivity contribution in [2.45, 2.75) is 0 Å². The third kappa shape index (κ3) is 3.15. The summed E-state index contributed by atoms with van der Waals surface area (Å²) in [6, 6.07) is 19.8. The number of hydrogen-bond donors (Lipinski definition) is 1. The second kappa shape index (κ2) is 6.14. The van der Waals surface area contributed by atoms with E-state index in [1.807, 2.05) is 30.3 Å². The summed E-state index contributed by atoms with van der Waals surface area (Å²) in [6.07, 6.45) is 3.08. The number of aromatic hydroxyl groups is 1. The van der Waals surface area contributed by atoms with E-state index in [-0.39, 0.29) is 17.3 Å². The molecule has 1 heterocycles. The quantitative estimate of drug-likeness (QED) is 0.566. The molecule has 0 amide bonds. The molecule has 3 rings (SSSR count). The maximum atomic E-state index is 12.1. The Morgan fingerprint density at radius 1 is 0.955 bits per heavy atom. The van der Waals surface area contributed by atoms with E-state index >= 15 is 0 Å². The van der Waals surface area contributed by atoms with E-state index in [9.17, 15) is 9.90 Å². The SMILES string of the molecule is O=C(C=Cc1cccc(O)c1)c1ccc(-c2ccccc2)o1. The van der Waals surface area contributed by atoms with Crippen LogP contribution in [-0.4, -0.2) is 10.9 Å². The number of hydrogen-bond acceptors (Lipinski definition) is 3. The number of ketones is 1. The van der Waals surface area contributed by atoms with E-state index in [1.54, 1.807) is 42.5 Å². The number of carbonyl (C=O) groups excluding carboxylic acids is 1. The zero-order chi connectivity index (χ0) is 15.4. The first-order valence-electron chi connectivity index (χ1n) is 6.89. The Morgan fingerprint density at radius 2 is 1.77 bits per heavy atom. The number of phenols is 1. The summed E-state index contributed by atoms with van der Waals surface area (Å²) in [7, 11) is 0. The van der Waals surface area contributed by atoms with Gasteiger partial charge in [0.25, 0.3) is 0 Å². The normalized spacial score (nSPS) is 10.9. The molecular formula is C19H14O3. The maximum absolute atomic E-state index is 12.1. The largest absolute Gasteiger partial charge is 0.508 e. The highest BCUT2D eigenvalue weighted by atomic mass is 16.3. The molecule has 108 valence electrons. The van der Waals surface area contributed by atoms with Crippen LogP contribution >= 0.6 is 0 Å². The minimum atomic E-state index is -0.217. The zero-order valence-corrected chi connectivity index (χ0v) is 11.8. The molecule has 0 fully saturated rings. The van der Waals surface area contributed by atoms with Gasteiger partial charge in [-0.05, 0) is 35.9 Å². The molecule has 0 bridgehead atoms. The molecule has 3 aromatic rings. The average Bonchev–Trinajstić information content (AvgIpc) is 3.04. The molecule has 1 aromatic heterocycles. The molecule has 3 heteroatoms. The van der Waals surface area contributed by atoms with Crippen LogP contribution in [0.4, 0.5) is 0 Å². The zero-order valence-electron chi connectivity index (χ0n) is 11.8. The standard InChI is InChI=1S/C19H14O3/c20-16-8-4-5-14(13-16)9-10-17(21)19-12-11-18(22-19)15-6-2-1-3-7-15/h1-13,20H. The lowest BCUT2D eigenvalue weighted by Gasteiger charge is -1.96. The molecule has 3 nitrogen and oxygen atoms in total. The lowest BCUT2D eigenvalue weighted by molar-refractivity contribution is 0.102. The summed E-state index contributed by atoms with van der Waals surface area (Å²) in [6.45, 7) is 0. The molecule has 2 aromatic carbocycles. The van der Waals surface area contributed by atoms with Crippen molar-refractivity contribution in [2.24, 2.45) is 0 Å². The molecule has 0 aliphatic heterocycles. The monoisotopic (exact) mass is 290 g/mol. The smallest absolute Gasteiger partial charge is 0.221 e. The predicted octanol–water partition coefficient (Wildman–Crippen LogP) is 4.55. The van der Waals surface area contributed by atoms with E-state index in [0.717, 1.165) is 11.1 Å². The first kappa shape index (κ1) is 13.9. The Balaban J connectivity index is 1.77. The lowest BCUT2D eigenvalue weighted by atomic mass is 10.1. The number of phenolic OH excluding ortho intramolecular Hbond substituents is 1. The van der Waals surface area contributed by atoms with Gasteiger partial charge in [-0.15, -0.1) is 0 Å². The van der Waals surface area contributed by atoms with Gasteiger partial charge in [-0.3, -0.25) is 4.79 Å². The fourth-order valence-corrected chi connectivity index (χ4v) is 2.11. The van der Waals surface area contributed by atoms with E-state index in [4.69, 9.17) is 4.42 Å². The van der Waals surface area contributed by atoms with Crippen molar-refractivity contribution < 1.29 is 14.3 Å². The van der Waals surface area contributed by atoms with Gasteiger partial charge in [0.05, 0.1) is 0 Å². The van der Waals surface area contributed by atoms with Gasteiger partial charge in [-0.2, -0.15) is 0 Å². The molecule has 0 saturated carbocycles. The first-order valence-corrected chi connectivity index (χ1v) is 6.89. The van der Waals surface area contributed by atoms with Crippen LogP contribution in [0.1, 0.15) is 16.1 Å². The fourth-order valence-electron chi connectivity index (χ4n) is 2.11. The van der Waals surface area contributed by atoms with Gasteiger partial charge in [-0.25, -0.2) is 0 Å². The first-order chi connectivity index (χ1) is 10.7. The Bertz CT molecular complexity index is 813. The van der Waals surface area contributed by atoms with Gasteiger partial charge < -0.3 is 9.52 Å². The van der Waals surface area contributed by atoms with Crippen LogP contribution in [0, 0.1) is 0 Å². The average molecular weight is 290 g/mol. The van der Waals surface area contributed by atoms with Gasteiger partial charge >= 0.3 is 0 Å². The van der Waals surface area contributed by atoms with Crippen molar-refractivity contribution in [2.75, 3.05) is 0 Å². The highest BCUT2D eigenvalue weighted by molar-refractivity contribution is 6.05. The van der Waals surface area contributed by atoms with E-state index in [1.165, 1.54) is 6.08 Å². The van der Waals surface area contributed by atoms with E-state index in [2.05, 4.69) is 0 Å². The van der Waals surface area contributed by atoms with Gasteiger partial charge in [0, 0.05) is 5.56 Å². The maximum Gasteiger partial charge on any atom is 0.221 e. The number of allylic oxidation sites excluding steroid dienone is 1. The summed E-state index contributed by atoms with van der Waals surface area (Å²) < 4.78 is 5.59. The molecule has 0 aliphatic carbocycles. The fraction of sp³-hybridized carbons (Fsp3) is 0. The van der Waals surface area contributed by atoms with Crippen LogP contribution < -0.4 is 0 Å². The Labute approximate surface area is 128 Å². The van der Waals surface area contributed by atoms with Gasteiger partial charge in [0.15, 0.2) is 5.76 Å². The van der Waals surface area contributed by atoms with Crippen LogP contribution in [0.3, 0.4) is 0 Å². The topological polar surface area (TPSA) is 50.4 Å². The van der Waals surface area contributed by atoms with E-state index in [0.29, 0.717) is 5.76 Å². The van der Waals surface area contributed by atoms with Gasteiger partial charge in [-0.1, -0.05) is 48.5 Å². The summed E-state index contributed by atoms with van der Waals surface area (Å²) in [5.41, 5.74) is 1.68. The lowest BCUT2D eigenvalue weighted by Crippen LogP contribution is -1.90. The van der Waals surface area contributed by atoms with Crippen molar-refractivity contribution in [3.8, 4) is 17.1 Å². The van der Waals surface area contributed by atoms with Crippen molar-refractivity contribution in [3.05, 3.63) is 84.1 Å². The van der Waals surface area contributed by atoms with Crippen molar-refractivity contribution in [1.29, 1.82) is 0 Å². The molecule has 22 heavy (non-hydrogen) atoms. The van der Waals surface area contributed by atoms with Crippen LogP contribution in [0.2, 0.25) is 0 Å². The molecule has 0 atom stereocenters. The van der Waals surface area contributed by atoms with Crippen LogP contribution in [0.5, 0.6) is 5.75 Å². The van der Waals surface area contributed by atoms with Crippen molar-refractivity contribution in [3.63, 3.8) is 0 Å². The molecule has 0 unspecified atom stereocenters. The van der Waals surface area contributed by atoms with Gasteiger partial charge in [0.1, 0.15) is 11.5 Å². The Morgan fingerprint density at radius 3 is 2.55 bits per heavy atom. The number of benzene rings is 2. The van der Waals surface area contributed by atoms with Crippen LogP contribution in [0.15, 0.2) is 77.2 Å². The summed E-state index contributed by atoms with van der Waals surface area (Å²) >= 11 is 0. The van der Waals surface area contributed by atoms with Crippen molar-refractivity contribution >= 4 is 11.9 Å². The van der Waals surface area contributed by atoms with Crippen molar-refractivity contribution in [1.82, 2.24) is 0 Å². The van der Waals surface area contributed by atoms with Gasteiger partial charge in [0.2, 0.25) is 5.78 Å². The molecule has 1 N–H and O–H groups in total. The highest BCUT2D eigenvalue weighted by Crippen LogP contribution is 2.22. The molecule has 0 spiro atoms. The Kier molecular flexibility index (Phi) is 3.88. The summed E-state index contributed by atoms with van der Waals surface area (Å²) in [4.78, 5) is 12.1. The van der Waals surface area contributed by atoms with E-state index < -0.39 is 0 Å². The molecule has 0 aliphatic rings.